The number of rotatable bonds is 4. The van der Waals surface area contributed by atoms with Crippen molar-refractivity contribution < 1.29 is 19.1 Å². The van der Waals surface area contributed by atoms with E-state index in [0.29, 0.717) is 34.2 Å². The molecule has 1 heterocycles. The fourth-order valence-electron chi connectivity index (χ4n) is 3.04. The minimum Gasteiger partial charge on any atom is -0.497 e. The average molecular weight is 375 g/mol. The number of hydrogen-bond donors (Lipinski definition) is 2. The van der Waals surface area contributed by atoms with Gasteiger partial charge in [-0.2, -0.15) is 0 Å². The summed E-state index contributed by atoms with van der Waals surface area (Å²) in [5.74, 6) is 0.656. The molecule has 0 atom stereocenters. The van der Waals surface area contributed by atoms with Crippen molar-refractivity contribution in [2.75, 3.05) is 23.5 Å². The molecular formula is C21H17N3O4. The Bertz CT molecular complexity index is 1090. The van der Waals surface area contributed by atoms with E-state index < -0.39 is 11.8 Å². The smallest absolute Gasteiger partial charge is 0.266 e. The minimum absolute atomic E-state index is 0.258. The second-order valence-electron chi connectivity index (χ2n) is 6.25. The predicted octanol–water partition coefficient (Wildman–Crippen LogP) is 3.45. The molecule has 0 radical (unpaired) electrons. The Morgan fingerprint density at radius 2 is 1.39 bits per heavy atom. The molecule has 0 unspecified atom stereocenters. The average Bonchev–Trinajstić information content (AvgIpc) is 2.94. The van der Waals surface area contributed by atoms with Crippen molar-refractivity contribution in [3.8, 4) is 17.2 Å². The number of methoxy groups -OCH3 is 1. The fraction of sp³-hybridized carbons (Fsp3) is 0.0476. The number of imide groups is 1. The maximum Gasteiger partial charge on any atom is 0.266 e. The predicted molar refractivity (Wildman–Crippen MR) is 106 cm³/mol. The van der Waals surface area contributed by atoms with Crippen LogP contribution in [0.3, 0.4) is 0 Å². The van der Waals surface area contributed by atoms with Crippen LogP contribution in [-0.4, -0.2) is 18.9 Å². The molecule has 3 aromatic carbocycles. The van der Waals surface area contributed by atoms with Crippen molar-refractivity contribution in [2.45, 2.75) is 0 Å². The number of nitrogen functional groups attached to an aromatic ring is 2. The van der Waals surface area contributed by atoms with E-state index >= 15 is 0 Å². The van der Waals surface area contributed by atoms with Crippen molar-refractivity contribution in [3.63, 3.8) is 0 Å². The third-order valence-corrected chi connectivity index (χ3v) is 4.45. The molecular weight excluding hydrogens is 358 g/mol. The highest BCUT2D eigenvalue weighted by Gasteiger charge is 2.38. The lowest BCUT2D eigenvalue weighted by Gasteiger charge is -2.16. The van der Waals surface area contributed by atoms with E-state index in [2.05, 4.69) is 0 Å². The van der Waals surface area contributed by atoms with Crippen molar-refractivity contribution >= 4 is 28.9 Å². The lowest BCUT2D eigenvalue weighted by molar-refractivity contribution is 0.0926. The maximum atomic E-state index is 12.9. The summed E-state index contributed by atoms with van der Waals surface area (Å²) in [6.07, 6.45) is 0. The Kier molecular flexibility index (Phi) is 4.12. The minimum atomic E-state index is -0.459. The molecule has 140 valence electrons. The number of fused-ring (bicyclic) bond motifs is 1. The number of anilines is 3. The van der Waals surface area contributed by atoms with Gasteiger partial charge in [0.2, 0.25) is 0 Å². The molecule has 28 heavy (non-hydrogen) atoms. The summed E-state index contributed by atoms with van der Waals surface area (Å²) in [6, 6.07) is 16.4. The number of nitrogens with two attached hydrogens (primary N) is 2. The van der Waals surface area contributed by atoms with Gasteiger partial charge in [0, 0.05) is 11.8 Å². The van der Waals surface area contributed by atoms with Crippen molar-refractivity contribution in [1.29, 1.82) is 0 Å². The molecule has 1 aliphatic heterocycles. The second-order valence-corrected chi connectivity index (χ2v) is 6.25. The van der Waals surface area contributed by atoms with Crippen LogP contribution in [-0.2, 0) is 0 Å². The summed E-state index contributed by atoms with van der Waals surface area (Å²) in [6.45, 7) is 0. The monoisotopic (exact) mass is 375 g/mol. The summed E-state index contributed by atoms with van der Waals surface area (Å²) in [7, 11) is 1.51. The third kappa shape index (κ3) is 2.88. The van der Waals surface area contributed by atoms with Gasteiger partial charge in [-0.3, -0.25) is 9.59 Å². The number of carbonyl (C=O) groups is 2. The summed E-state index contributed by atoms with van der Waals surface area (Å²) >= 11 is 0. The van der Waals surface area contributed by atoms with Crippen LogP contribution in [0.2, 0.25) is 0 Å². The highest BCUT2D eigenvalue weighted by atomic mass is 16.5. The SMILES string of the molecule is COc1ccc(N2C(=O)c3ccc(Oc4ccc(N)cc4)cc3C2=O)c(N)c1. The van der Waals surface area contributed by atoms with Crippen molar-refractivity contribution in [2.24, 2.45) is 0 Å². The maximum absolute atomic E-state index is 12.9. The number of carbonyl (C=O) groups excluding carboxylic acids is 2. The van der Waals surface area contributed by atoms with Gasteiger partial charge in [-0.05, 0) is 54.6 Å². The van der Waals surface area contributed by atoms with E-state index in [9.17, 15) is 9.59 Å². The summed E-state index contributed by atoms with van der Waals surface area (Å²) in [5.41, 5.74) is 13.4. The largest absolute Gasteiger partial charge is 0.497 e. The van der Waals surface area contributed by atoms with E-state index in [-0.39, 0.29) is 11.3 Å². The van der Waals surface area contributed by atoms with Gasteiger partial charge >= 0.3 is 0 Å². The Balaban J connectivity index is 1.66. The Hall–Kier alpha value is -4.00. The molecule has 3 aromatic rings. The number of benzene rings is 3. The third-order valence-electron chi connectivity index (χ3n) is 4.45. The Morgan fingerprint density at radius 1 is 0.750 bits per heavy atom. The van der Waals surface area contributed by atoms with Crippen LogP contribution in [0.25, 0.3) is 0 Å². The van der Waals surface area contributed by atoms with Crippen LogP contribution in [0.15, 0.2) is 60.7 Å². The number of ether oxygens (including phenoxy) is 2. The van der Waals surface area contributed by atoms with Gasteiger partial charge in [0.05, 0.1) is 29.6 Å². The topological polar surface area (TPSA) is 108 Å². The fourth-order valence-corrected chi connectivity index (χ4v) is 3.04. The lowest BCUT2D eigenvalue weighted by Crippen LogP contribution is -2.30. The summed E-state index contributed by atoms with van der Waals surface area (Å²) in [5, 5.41) is 0. The summed E-state index contributed by atoms with van der Waals surface area (Å²) < 4.78 is 10.9. The Labute approximate surface area is 161 Å². The molecule has 4 rings (SSSR count). The van der Waals surface area contributed by atoms with Gasteiger partial charge in [0.15, 0.2) is 0 Å². The molecule has 0 saturated heterocycles. The first-order valence-corrected chi connectivity index (χ1v) is 8.47. The van der Waals surface area contributed by atoms with E-state index in [1.54, 1.807) is 60.7 Å². The van der Waals surface area contributed by atoms with Gasteiger partial charge < -0.3 is 20.9 Å². The first-order valence-electron chi connectivity index (χ1n) is 8.47. The number of hydrogen-bond acceptors (Lipinski definition) is 6. The van der Waals surface area contributed by atoms with E-state index in [1.165, 1.54) is 7.11 Å². The van der Waals surface area contributed by atoms with Gasteiger partial charge in [-0.1, -0.05) is 0 Å². The highest BCUT2D eigenvalue weighted by molar-refractivity contribution is 6.35. The van der Waals surface area contributed by atoms with Crippen LogP contribution >= 0.6 is 0 Å². The number of nitrogens with zero attached hydrogens (tertiary/aromatic N) is 1. The zero-order valence-electron chi connectivity index (χ0n) is 15.0. The van der Waals surface area contributed by atoms with Gasteiger partial charge in [0.25, 0.3) is 11.8 Å². The van der Waals surface area contributed by atoms with E-state index in [1.807, 2.05) is 0 Å². The normalized spacial score (nSPS) is 12.8. The zero-order chi connectivity index (χ0) is 19.8. The molecule has 0 aliphatic carbocycles. The first-order chi connectivity index (χ1) is 13.5. The summed E-state index contributed by atoms with van der Waals surface area (Å²) in [4.78, 5) is 26.8. The molecule has 7 nitrogen and oxygen atoms in total. The molecule has 2 amide bonds. The Morgan fingerprint density at radius 3 is 2.07 bits per heavy atom. The van der Waals surface area contributed by atoms with Gasteiger partial charge in [-0.15, -0.1) is 0 Å². The lowest BCUT2D eigenvalue weighted by atomic mass is 10.1. The second kappa shape index (κ2) is 6.62. The molecule has 4 N–H and O–H groups in total. The first kappa shape index (κ1) is 17.4. The van der Waals surface area contributed by atoms with Gasteiger partial charge in [-0.25, -0.2) is 4.90 Å². The van der Waals surface area contributed by atoms with E-state index in [0.717, 1.165) is 4.90 Å². The standard InChI is InChI=1S/C21H17N3O4/c1-27-14-7-9-19(18(23)11-14)24-20(25)16-8-6-15(10-17(16)21(24)26)28-13-4-2-12(22)3-5-13/h2-11H,22-23H2,1H3. The highest BCUT2D eigenvalue weighted by Crippen LogP contribution is 2.36. The molecule has 0 saturated carbocycles. The molecule has 0 aromatic heterocycles. The van der Waals surface area contributed by atoms with Crippen molar-refractivity contribution in [1.82, 2.24) is 0 Å². The molecule has 7 heteroatoms. The van der Waals surface area contributed by atoms with Gasteiger partial charge in [0.1, 0.15) is 17.2 Å². The van der Waals surface area contributed by atoms with Crippen LogP contribution in [0, 0.1) is 0 Å². The van der Waals surface area contributed by atoms with Crippen LogP contribution in [0.1, 0.15) is 20.7 Å². The molecule has 1 aliphatic rings. The van der Waals surface area contributed by atoms with E-state index in [4.69, 9.17) is 20.9 Å². The molecule has 0 fully saturated rings. The molecule has 0 bridgehead atoms. The zero-order valence-corrected chi connectivity index (χ0v) is 15.0. The van der Waals surface area contributed by atoms with Crippen LogP contribution in [0.4, 0.5) is 17.1 Å². The van der Waals surface area contributed by atoms with Crippen LogP contribution in [0.5, 0.6) is 17.2 Å². The van der Waals surface area contributed by atoms with Crippen molar-refractivity contribution in [3.05, 3.63) is 71.8 Å². The molecule has 0 spiro atoms. The quantitative estimate of drug-likeness (QED) is 0.534. The van der Waals surface area contributed by atoms with Crippen LogP contribution < -0.4 is 25.8 Å². The number of amides is 2.